The molecule has 0 saturated carbocycles. The van der Waals surface area contributed by atoms with Gasteiger partial charge in [-0.3, -0.25) is 9.69 Å². The number of piperazine rings is 1. The molecular weight excluding hydrogens is 444 g/mol. The van der Waals surface area contributed by atoms with Crippen LogP contribution >= 0.6 is 0 Å². The quantitative estimate of drug-likeness (QED) is 0.586. The molecule has 1 fully saturated rings. The van der Waals surface area contributed by atoms with Crippen molar-refractivity contribution in [3.05, 3.63) is 87.6 Å². The second kappa shape index (κ2) is 10.3. The van der Waals surface area contributed by atoms with Crippen molar-refractivity contribution in [2.24, 2.45) is 5.73 Å². The third kappa shape index (κ3) is 5.08. The van der Waals surface area contributed by atoms with Crippen molar-refractivity contribution >= 4 is 23.1 Å². The van der Waals surface area contributed by atoms with Crippen LogP contribution in [0, 0.1) is 6.92 Å². The van der Waals surface area contributed by atoms with Crippen molar-refractivity contribution in [1.82, 2.24) is 14.8 Å². The molecule has 5 nitrogen and oxygen atoms in total. The number of hydrogen-bond acceptors (Lipinski definition) is 3. The minimum absolute atomic E-state index is 0.403. The lowest BCUT2D eigenvalue weighted by molar-refractivity contribution is 0.100. The van der Waals surface area contributed by atoms with Crippen molar-refractivity contribution in [3.8, 4) is 11.1 Å². The molecule has 2 heterocycles. The molecular formula is C31H36N4O. The molecule has 5 heteroatoms. The van der Waals surface area contributed by atoms with Crippen LogP contribution in [0.4, 0.5) is 0 Å². The molecule has 2 aromatic carbocycles. The molecule has 1 aliphatic heterocycles. The highest BCUT2D eigenvalue weighted by Crippen LogP contribution is 2.24. The Kier molecular flexibility index (Phi) is 6.95. The van der Waals surface area contributed by atoms with Gasteiger partial charge in [-0.25, -0.2) is 0 Å². The van der Waals surface area contributed by atoms with Crippen molar-refractivity contribution in [2.75, 3.05) is 33.2 Å². The Morgan fingerprint density at radius 3 is 2.28 bits per heavy atom. The zero-order valence-corrected chi connectivity index (χ0v) is 21.6. The fourth-order valence-corrected chi connectivity index (χ4v) is 5.35. The van der Waals surface area contributed by atoms with Gasteiger partial charge in [-0.1, -0.05) is 42.5 Å². The van der Waals surface area contributed by atoms with E-state index in [0.29, 0.717) is 5.56 Å². The lowest BCUT2D eigenvalue weighted by atomic mass is 9.95. The predicted molar refractivity (Wildman–Crippen MR) is 149 cm³/mol. The summed E-state index contributed by atoms with van der Waals surface area (Å²) in [6.07, 6.45) is 6.73. The standard InChI is InChI=1S/C31H36N4O/c1-21-5-4-6-27(24-9-7-23(8-10-24)20-35-17-15-34(3)16-18-35)19-28-29(22(2)33-30(21)28)25-11-13-26(14-12-25)31(32)36/h6-14,19,33H,4-5,15-18,20H2,1-3H3,(H2,32,36). The van der Waals surface area contributed by atoms with E-state index in [1.54, 1.807) is 0 Å². The summed E-state index contributed by atoms with van der Waals surface area (Å²) in [5.41, 5.74) is 14.6. The van der Waals surface area contributed by atoms with Crippen LogP contribution in [0.15, 0.2) is 54.6 Å². The third-order valence-electron chi connectivity index (χ3n) is 7.58. The molecule has 0 radical (unpaired) electrons. The van der Waals surface area contributed by atoms with Gasteiger partial charge in [0, 0.05) is 60.1 Å². The molecule has 3 aromatic rings. The zero-order valence-electron chi connectivity index (χ0n) is 21.6. The van der Waals surface area contributed by atoms with E-state index in [-0.39, 0.29) is 0 Å². The Labute approximate surface area is 213 Å². The second-order valence-corrected chi connectivity index (χ2v) is 10.3. The molecule has 1 aliphatic carbocycles. The normalized spacial score (nSPS) is 17.1. The highest BCUT2D eigenvalue weighted by atomic mass is 16.1. The first-order chi connectivity index (χ1) is 17.4. The third-order valence-corrected chi connectivity index (χ3v) is 7.58. The van der Waals surface area contributed by atoms with Gasteiger partial charge in [-0.2, -0.15) is 0 Å². The molecule has 3 N–H and O–H groups in total. The van der Waals surface area contributed by atoms with Gasteiger partial charge in [0.1, 0.15) is 0 Å². The number of nitrogens with zero attached hydrogens (tertiary/aromatic N) is 2. The fraction of sp³-hybridized carbons (Fsp3) is 0.323. The Balaban J connectivity index is 1.50. The predicted octanol–water partition coefficient (Wildman–Crippen LogP) is 3.66. The molecule has 0 spiro atoms. The Bertz CT molecular complexity index is 1400. The summed E-state index contributed by atoms with van der Waals surface area (Å²) >= 11 is 0. The summed E-state index contributed by atoms with van der Waals surface area (Å²) in [5.74, 6) is -0.403. The number of H-pyrrole nitrogens is 1. The maximum atomic E-state index is 11.6. The van der Waals surface area contributed by atoms with Gasteiger partial charge in [0.05, 0.1) is 0 Å². The number of carbonyl (C=O) groups is 1. The van der Waals surface area contributed by atoms with Crippen LogP contribution in [0.5, 0.6) is 0 Å². The molecule has 0 atom stereocenters. The number of likely N-dealkylation sites (N-methyl/N-ethyl adjacent to an activating group) is 1. The van der Waals surface area contributed by atoms with Crippen LogP contribution in [0.2, 0.25) is 0 Å². The van der Waals surface area contributed by atoms with E-state index in [0.717, 1.165) is 56.8 Å². The van der Waals surface area contributed by atoms with Crippen LogP contribution in [-0.2, 0) is 6.54 Å². The lowest BCUT2D eigenvalue weighted by Crippen LogP contribution is -2.43. The summed E-state index contributed by atoms with van der Waals surface area (Å²) in [6.45, 7) is 9.90. The van der Waals surface area contributed by atoms with E-state index in [9.17, 15) is 4.79 Å². The maximum Gasteiger partial charge on any atom is 0.248 e. The number of aryl methyl sites for hydroxylation is 1. The summed E-state index contributed by atoms with van der Waals surface area (Å²) in [6, 6.07) is 16.7. The number of rotatable bonds is 5. The summed E-state index contributed by atoms with van der Waals surface area (Å²) in [7, 11) is 2.20. The maximum absolute atomic E-state index is 11.6. The Morgan fingerprint density at radius 2 is 1.61 bits per heavy atom. The number of aromatic nitrogens is 1. The van der Waals surface area contributed by atoms with E-state index >= 15 is 0 Å². The van der Waals surface area contributed by atoms with Crippen molar-refractivity contribution < 1.29 is 4.79 Å². The topological polar surface area (TPSA) is 65.4 Å². The number of amides is 1. The van der Waals surface area contributed by atoms with Crippen molar-refractivity contribution in [2.45, 2.75) is 33.2 Å². The van der Waals surface area contributed by atoms with Gasteiger partial charge < -0.3 is 15.6 Å². The van der Waals surface area contributed by atoms with E-state index in [2.05, 4.69) is 72.1 Å². The average molecular weight is 481 g/mol. The molecule has 1 aromatic heterocycles. The van der Waals surface area contributed by atoms with Crippen LogP contribution in [0.1, 0.15) is 46.9 Å². The van der Waals surface area contributed by atoms with Crippen LogP contribution < -0.4 is 16.3 Å². The molecule has 2 aliphatic rings. The second-order valence-electron chi connectivity index (χ2n) is 10.3. The number of aromatic amines is 1. The molecule has 0 bridgehead atoms. The minimum atomic E-state index is -0.403. The van der Waals surface area contributed by atoms with Gasteiger partial charge in [-0.05, 0) is 79.8 Å². The monoisotopic (exact) mass is 480 g/mol. The number of allylic oxidation sites excluding steroid dienone is 2. The lowest BCUT2D eigenvalue weighted by Gasteiger charge is -2.32. The molecule has 1 saturated heterocycles. The average Bonchev–Trinajstić information content (AvgIpc) is 3.19. The summed E-state index contributed by atoms with van der Waals surface area (Å²) in [5, 5.41) is 2.42. The number of benzene rings is 2. The number of primary amides is 1. The molecule has 186 valence electrons. The smallest absolute Gasteiger partial charge is 0.248 e. The summed E-state index contributed by atoms with van der Waals surface area (Å²) in [4.78, 5) is 20.2. The van der Waals surface area contributed by atoms with E-state index in [1.165, 1.54) is 38.4 Å². The van der Waals surface area contributed by atoms with Gasteiger partial charge in [0.25, 0.3) is 0 Å². The first-order valence-corrected chi connectivity index (χ1v) is 12.9. The van der Waals surface area contributed by atoms with Gasteiger partial charge >= 0.3 is 0 Å². The minimum Gasteiger partial charge on any atom is -0.366 e. The van der Waals surface area contributed by atoms with Gasteiger partial charge in [0.2, 0.25) is 5.91 Å². The van der Waals surface area contributed by atoms with E-state index in [4.69, 9.17) is 5.73 Å². The molecule has 5 rings (SSSR count). The SMILES string of the molecule is CC1=c2[nH]c(C)c(-c3ccc(C(N)=O)cc3)c2=CC(c2ccc(CN3CCN(C)CC3)cc2)=CCC1. The van der Waals surface area contributed by atoms with Gasteiger partial charge in [0.15, 0.2) is 0 Å². The Morgan fingerprint density at radius 1 is 0.944 bits per heavy atom. The largest absolute Gasteiger partial charge is 0.366 e. The number of nitrogens with two attached hydrogens (primary N) is 1. The molecule has 1 amide bonds. The molecule has 36 heavy (non-hydrogen) atoms. The number of fused-ring (bicyclic) bond motifs is 1. The van der Waals surface area contributed by atoms with E-state index in [1.807, 2.05) is 24.3 Å². The fourth-order valence-electron chi connectivity index (χ4n) is 5.35. The number of carbonyl (C=O) groups excluding carboxylic acids is 1. The number of hydrogen-bond donors (Lipinski definition) is 2. The van der Waals surface area contributed by atoms with Crippen LogP contribution in [0.3, 0.4) is 0 Å². The first-order valence-electron chi connectivity index (χ1n) is 12.9. The highest BCUT2D eigenvalue weighted by Gasteiger charge is 2.15. The van der Waals surface area contributed by atoms with E-state index < -0.39 is 5.91 Å². The van der Waals surface area contributed by atoms with Crippen molar-refractivity contribution in [3.63, 3.8) is 0 Å². The molecule has 0 unspecified atom stereocenters. The number of nitrogens with one attached hydrogen (secondary N) is 1. The zero-order chi connectivity index (χ0) is 25.2. The first kappa shape index (κ1) is 24.3. The van der Waals surface area contributed by atoms with Crippen LogP contribution in [-0.4, -0.2) is 53.9 Å². The highest BCUT2D eigenvalue weighted by molar-refractivity contribution is 5.94. The van der Waals surface area contributed by atoms with Crippen LogP contribution in [0.25, 0.3) is 28.3 Å². The summed E-state index contributed by atoms with van der Waals surface area (Å²) < 4.78 is 0. The van der Waals surface area contributed by atoms with Gasteiger partial charge in [-0.15, -0.1) is 0 Å². The Hall–Kier alpha value is -3.41. The van der Waals surface area contributed by atoms with Crippen molar-refractivity contribution in [1.29, 1.82) is 0 Å².